The molecule has 0 spiro atoms. The fourth-order valence-corrected chi connectivity index (χ4v) is 4.00. The highest BCUT2D eigenvalue weighted by Crippen LogP contribution is 2.25. The number of anilines is 1. The number of rotatable bonds is 6. The monoisotopic (exact) mass is 465 g/mol. The molecule has 2 aliphatic rings. The highest BCUT2D eigenvalue weighted by molar-refractivity contribution is 6.03. The summed E-state index contributed by atoms with van der Waals surface area (Å²) in [7, 11) is 7.82. The van der Waals surface area contributed by atoms with E-state index in [1.165, 1.54) is 5.71 Å². The van der Waals surface area contributed by atoms with E-state index in [0.29, 0.717) is 5.76 Å². The number of ketones is 1. The van der Waals surface area contributed by atoms with Gasteiger partial charge in [0, 0.05) is 29.0 Å². The third-order valence-corrected chi connectivity index (χ3v) is 7.65. The fraction of sp³-hybridized carbons (Fsp3) is 0.500. The Morgan fingerprint density at radius 1 is 0.853 bits per heavy atom. The third kappa shape index (κ3) is 5.18. The summed E-state index contributed by atoms with van der Waals surface area (Å²) in [4.78, 5) is 19.2. The Kier molecular flexibility index (Phi) is 7.53. The summed E-state index contributed by atoms with van der Waals surface area (Å²) in [6.45, 7) is 11.6. The van der Waals surface area contributed by atoms with E-state index in [2.05, 4.69) is 33.8 Å². The number of piperazine rings is 1. The second kappa shape index (κ2) is 9.88. The van der Waals surface area contributed by atoms with Crippen LogP contribution in [0.1, 0.15) is 38.1 Å². The van der Waals surface area contributed by atoms with Gasteiger partial charge < -0.3 is 10.0 Å². The van der Waals surface area contributed by atoms with E-state index in [9.17, 15) is 9.90 Å². The van der Waals surface area contributed by atoms with Gasteiger partial charge in [-0.15, -0.1) is 0 Å². The number of carbonyl (C=O) groups excluding carboxylic acids is 1. The number of aliphatic hydroxyl groups excluding tert-OH is 1. The summed E-state index contributed by atoms with van der Waals surface area (Å²) in [6, 6.07) is 8.03. The summed E-state index contributed by atoms with van der Waals surface area (Å²) >= 11 is 0. The van der Waals surface area contributed by atoms with E-state index in [1.54, 1.807) is 0 Å². The third-order valence-electron chi connectivity index (χ3n) is 7.65. The molecule has 1 fully saturated rings. The minimum absolute atomic E-state index is 0.134. The molecule has 3 rings (SSSR count). The molecule has 1 aromatic rings. The number of Topliss-reactive ketones (excluding diaryl/α,β-unsaturated/α-hetero) is 1. The molecule has 1 aliphatic carbocycles. The van der Waals surface area contributed by atoms with Crippen LogP contribution in [0.15, 0.2) is 59.9 Å². The number of hydrogen-bond donors (Lipinski definition) is 1. The average Bonchev–Trinajstić information content (AvgIpc) is 2.83. The normalized spacial score (nSPS) is 17.2. The van der Waals surface area contributed by atoms with Crippen molar-refractivity contribution >= 4 is 17.2 Å². The van der Waals surface area contributed by atoms with Gasteiger partial charge in [-0.2, -0.15) is 0 Å². The molecule has 0 amide bonds. The molecule has 1 aliphatic heterocycles. The Hall–Kier alpha value is -2.70. The maximum atomic E-state index is 12.9. The summed E-state index contributed by atoms with van der Waals surface area (Å²) in [5, 5.41) is 10.7. The second-order valence-electron chi connectivity index (χ2n) is 10.7. The van der Waals surface area contributed by atoms with E-state index in [1.807, 2.05) is 90.0 Å². The first-order valence-corrected chi connectivity index (χ1v) is 12.0. The number of likely N-dealkylation sites (N-methyl/N-ethyl adjacent to an activating group) is 2. The number of aliphatic hydroxyl groups is 1. The van der Waals surface area contributed by atoms with Gasteiger partial charge in [0.2, 0.25) is 0 Å². The molecule has 184 valence electrons. The Bertz CT molecular complexity index is 1010. The average molecular weight is 466 g/mol. The number of allylic oxidation sites excluding steroid dienone is 5. The summed E-state index contributed by atoms with van der Waals surface area (Å²) in [6.07, 6.45) is 8.21. The predicted molar refractivity (Wildman–Crippen MR) is 141 cm³/mol. The molecule has 0 unspecified atom stereocenters. The molecule has 6 heteroatoms. The van der Waals surface area contributed by atoms with Crippen LogP contribution in [0.3, 0.4) is 0 Å². The zero-order chi connectivity index (χ0) is 25.3. The van der Waals surface area contributed by atoms with Crippen LogP contribution >= 0.6 is 0 Å². The fourth-order valence-electron chi connectivity index (χ4n) is 4.00. The number of carbonyl (C=O) groups is 1. The largest absolute Gasteiger partial charge is 0.510 e. The van der Waals surface area contributed by atoms with Gasteiger partial charge in [0.25, 0.3) is 0 Å². The molecular formula is C28H41N4O2+. The quantitative estimate of drug-likeness (QED) is 0.394. The molecule has 0 saturated carbocycles. The van der Waals surface area contributed by atoms with Crippen molar-refractivity contribution in [1.29, 1.82) is 0 Å². The van der Waals surface area contributed by atoms with Crippen molar-refractivity contribution in [2.75, 3.05) is 59.3 Å². The second-order valence-corrected chi connectivity index (χ2v) is 10.7. The molecule has 34 heavy (non-hydrogen) atoms. The standard InChI is InChI=1S/C28H40N4O2/c1-27(2,29(5)6)25(33)21-9-13-23(14-10-21)31-17-19-32(20-18-31)24-15-11-22(12-16-24)26(34)28(3,4)30(7)8/h9-16H,17-20H2,1-8H3/p+1. The summed E-state index contributed by atoms with van der Waals surface area (Å²) in [5.41, 5.74) is 2.98. The van der Waals surface area contributed by atoms with E-state index in [4.69, 9.17) is 0 Å². The molecule has 0 radical (unpaired) electrons. The van der Waals surface area contributed by atoms with Gasteiger partial charge in [-0.25, -0.2) is 4.58 Å². The van der Waals surface area contributed by atoms with Crippen LogP contribution in [0.25, 0.3) is 0 Å². The van der Waals surface area contributed by atoms with Gasteiger partial charge in [0.15, 0.2) is 24.6 Å². The zero-order valence-electron chi connectivity index (χ0n) is 22.1. The van der Waals surface area contributed by atoms with Gasteiger partial charge in [0.05, 0.1) is 24.2 Å². The first kappa shape index (κ1) is 25.9. The minimum atomic E-state index is -0.528. The highest BCUT2D eigenvalue weighted by atomic mass is 16.3. The highest BCUT2D eigenvalue weighted by Gasteiger charge is 2.31. The lowest BCUT2D eigenvalue weighted by Gasteiger charge is -2.33. The maximum absolute atomic E-state index is 12.9. The Balaban J connectivity index is 1.66. The van der Waals surface area contributed by atoms with Crippen LogP contribution in [0.5, 0.6) is 0 Å². The molecule has 6 nitrogen and oxygen atoms in total. The van der Waals surface area contributed by atoms with Gasteiger partial charge in [-0.1, -0.05) is 0 Å². The lowest BCUT2D eigenvalue weighted by Crippen LogP contribution is -2.45. The van der Waals surface area contributed by atoms with Gasteiger partial charge in [-0.05, 0) is 92.3 Å². The van der Waals surface area contributed by atoms with Crippen LogP contribution in [-0.2, 0) is 0 Å². The minimum Gasteiger partial charge on any atom is -0.510 e. The van der Waals surface area contributed by atoms with Crippen molar-refractivity contribution in [2.24, 2.45) is 0 Å². The summed E-state index contributed by atoms with van der Waals surface area (Å²) < 4.78 is 2.38. The number of nitrogens with zero attached hydrogens (tertiary/aromatic N) is 4. The molecule has 0 atom stereocenters. The van der Waals surface area contributed by atoms with Crippen LogP contribution in [0.4, 0.5) is 5.69 Å². The molecule has 1 heterocycles. The van der Waals surface area contributed by atoms with Gasteiger partial charge in [-0.3, -0.25) is 14.6 Å². The van der Waals surface area contributed by atoms with Crippen molar-refractivity contribution in [3.63, 3.8) is 0 Å². The Morgan fingerprint density at radius 2 is 1.35 bits per heavy atom. The first-order valence-electron chi connectivity index (χ1n) is 12.0. The molecule has 0 aromatic heterocycles. The maximum Gasteiger partial charge on any atom is 0.200 e. The van der Waals surface area contributed by atoms with Crippen LogP contribution in [-0.4, -0.2) is 96.4 Å². The van der Waals surface area contributed by atoms with Crippen molar-refractivity contribution in [2.45, 2.75) is 38.8 Å². The van der Waals surface area contributed by atoms with Crippen molar-refractivity contribution in [1.82, 2.24) is 9.80 Å². The topological polar surface area (TPSA) is 50.0 Å². The van der Waals surface area contributed by atoms with Crippen molar-refractivity contribution in [3.8, 4) is 0 Å². The molecule has 0 bridgehead atoms. The van der Waals surface area contributed by atoms with Crippen molar-refractivity contribution < 1.29 is 14.5 Å². The molecular weight excluding hydrogens is 424 g/mol. The van der Waals surface area contributed by atoms with Crippen LogP contribution in [0.2, 0.25) is 0 Å². The molecule has 1 saturated heterocycles. The SMILES string of the molecule is CN(C)C(C)(C)C(=O)c1ccc(N2CC[N+](=C3C=CC(=C(O)C(C)(C)N(C)C)C=C3)CC2)cc1. The predicted octanol–water partition coefficient (Wildman–Crippen LogP) is 3.76. The van der Waals surface area contributed by atoms with Crippen LogP contribution < -0.4 is 4.90 Å². The molecule has 1 aromatic carbocycles. The Labute approximate surface area is 205 Å². The van der Waals surface area contributed by atoms with E-state index in [0.717, 1.165) is 43.0 Å². The van der Waals surface area contributed by atoms with E-state index < -0.39 is 11.1 Å². The molecule has 1 N–H and O–H groups in total. The van der Waals surface area contributed by atoms with Gasteiger partial charge >= 0.3 is 0 Å². The van der Waals surface area contributed by atoms with E-state index >= 15 is 0 Å². The van der Waals surface area contributed by atoms with E-state index in [-0.39, 0.29) is 5.78 Å². The number of hydrogen-bond acceptors (Lipinski definition) is 5. The lowest BCUT2D eigenvalue weighted by atomic mass is 9.92. The van der Waals surface area contributed by atoms with Crippen molar-refractivity contribution in [3.05, 3.63) is 65.5 Å². The summed E-state index contributed by atoms with van der Waals surface area (Å²) in [5.74, 6) is 0.513. The van der Waals surface area contributed by atoms with Crippen LogP contribution in [0, 0.1) is 0 Å². The van der Waals surface area contributed by atoms with Gasteiger partial charge in [0.1, 0.15) is 5.76 Å². The smallest absolute Gasteiger partial charge is 0.200 e. The first-order chi connectivity index (χ1) is 15.9. The zero-order valence-corrected chi connectivity index (χ0v) is 22.1. The Morgan fingerprint density at radius 3 is 1.82 bits per heavy atom. The number of benzene rings is 1. The lowest BCUT2D eigenvalue weighted by molar-refractivity contribution is -0.528.